The monoisotopic (exact) mass is 279 g/mol. The van der Waals surface area contributed by atoms with Gasteiger partial charge in [-0.25, -0.2) is 0 Å². The standard InChI is InChI=1S/C15H22N2O3/c1-9-13(12(4)18)10(2)16-14(9)15(19)11(3)17-5-7-20-8-6-17/h11,16H,5-8H2,1-4H3/p+1/t11-/m0/s1. The Labute approximate surface area is 119 Å². The molecule has 2 rings (SSSR count). The molecule has 0 bridgehead atoms. The number of H-pyrrole nitrogens is 1. The minimum absolute atomic E-state index is 0.00155. The Morgan fingerprint density at radius 1 is 1.25 bits per heavy atom. The number of aromatic nitrogens is 1. The molecule has 1 fully saturated rings. The fraction of sp³-hybridized carbons (Fsp3) is 0.600. The lowest BCUT2D eigenvalue weighted by Gasteiger charge is -2.28. The van der Waals surface area contributed by atoms with Crippen LogP contribution in [0.4, 0.5) is 0 Å². The lowest BCUT2D eigenvalue weighted by atomic mass is 10.0. The summed E-state index contributed by atoms with van der Waals surface area (Å²) < 4.78 is 5.33. The number of nitrogens with one attached hydrogen (secondary N) is 2. The number of carbonyl (C=O) groups excluding carboxylic acids is 2. The largest absolute Gasteiger partial charge is 0.370 e. The van der Waals surface area contributed by atoms with Crippen molar-refractivity contribution >= 4 is 11.6 Å². The number of hydrogen-bond acceptors (Lipinski definition) is 3. The van der Waals surface area contributed by atoms with E-state index in [4.69, 9.17) is 4.74 Å². The summed E-state index contributed by atoms with van der Waals surface area (Å²) in [5, 5.41) is 0. The molecule has 2 N–H and O–H groups in total. The highest BCUT2D eigenvalue weighted by Gasteiger charge is 2.31. The van der Waals surface area contributed by atoms with Crippen LogP contribution in [0.15, 0.2) is 0 Å². The van der Waals surface area contributed by atoms with E-state index in [9.17, 15) is 9.59 Å². The molecule has 0 aliphatic carbocycles. The van der Waals surface area contributed by atoms with E-state index in [-0.39, 0.29) is 17.6 Å². The number of aryl methyl sites for hydroxylation is 1. The third-order valence-electron chi connectivity index (χ3n) is 4.18. The predicted molar refractivity (Wildman–Crippen MR) is 75.6 cm³/mol. The molecule has 1 aliphatic rings. The van der Waals surface area contributed by atoms with Gasteiger partial charge in [-0.2, -0.15) is 0 Å². The van der Waals surface area contributed by atoms with Crippen LogP contribution in [0.2, 0.25) is 0 Å². The van der Waals surface area contributed by atoms with Crippen molar-refractivity contribution in [3.63, 3.8) is 0 Å². The number of ketones is 2. The highest BCUT2D eigenvalue weighted by atomic mass is 16.5. The summed E-state index contributed by atoms with van der Waals surface area (Å²) in [6.07, 6.45) is 0. The Balaban J connectivity index is 2.24. The van der Waals surface area contributed by atoms with Crippen LogP contribution in [0.3, 0.4) is 0 Å². The summed E-state index contributed by atoms with van der Waals surface area (Å²) in [5.74, 6) is 0.0803. The van der Waals surface area contributed by atoms with Gasteiger partial charge in [0.2, 0.25) is 5.78 Å². The maximum atomic E-state index is 12.6. The van der Waals surface area contributed by atoms with Crippen molar-refractivity contribution in [2.75, 3.05) is 26.3 Å². The van der Waals surface area contributed by atoms with Crippen LogP contribution in [0.5, 0.6) is 0 Å². The van der Waals surface area contributed by atoms with Gasteiger partial charge in [0.05, 0.1) is 18.9 Å². The minimum atomic E-state index is -0.115. The van der Waals surface area contributed by atoms with Crippen molar-refractivity contribution in [3.8, 4) is 0 Å². The maximum Gasteiger partial charge on any atom is 0.235 e. The minimum Gasteiger partial charge on any atom is -0.370 e. The predicted octanol–water partition coefficient (Wildman–Crippen LogP) is 0.320. The molecule has 0 aromatic carbocycles. The quantitative estimate of drug-likeness (QED) is 0.780. The molecule has 1 saturated heterocycles. The third-order valence-corrected chi connectivity index (χ3v) is 4.18. The van der Waals surface area contributed by atoms with E-state index in [2.05, 4.69) is 4.98 Å². The van der Waals surface area contributed by atoms with Gasteiger partial charge in [0.15, 0.2) is 11.8 Å². The number of Topliss-reactive ketones (excluding diaryl/α,β-unsaturated/α-hetero) is 2. The van der Waals surface area contributed by atoms with Crippen molar-refractivity contribution in [2.45, 2.75) is 33.7 Å². The third kappa shape index (κ3) is 2.69. The molecular formula is C15H23N2O3+. The molecule has 1 aliphatic heterocycles. The first-order valence-corrected chi connectivity index (χ1v) is 7.10. The summed E-state index contributed by atoms with van der Waals surface area (Å²) in [6.45, 7) is 10.3. The van der Waals surface area contributed by atoms with Crippen LogP contribution in [-0.4, -0.2) is 48.9 Å². The SMILES string of the molecule is CC(=O)c1c(C)[nH]c(C(=O)[C@H](C)[NH+]2CCOCC2)c1C. The number of morpholine rings is 1. The highest BCUT2D eigenvalue weighted by Crippen LogP contribution is 2.19. The summed E-state index contributed by atoms with van der Waals surface area (Å²) in [4.78, 5) is 28.6. The molecule has 1 aromatic heterocycles. The molecule has 0 saturated carbocycles. The summed E-state index contributed by atoms with van der Waals surface area (Å²) in [6, 6.07) is -0.115. The fourth-order valence-corrected chi connectivity index (χ4v) is 2.99. The van der Waals surface area contributed by atoms with E-state index in [1.54, 1.807) is 0 Å². The normalized spacial score (nSPS) is 18.0. The van der Waals surface area contributed by atoms with Gasteiger partial charge >= 0.3 is 0 Å². The van der Waals surface area contributed by atoms with Crippen molar-refractivity contribution in [1.29, 1.82) is 0 Å². The molecule has 0 unspecified atom stereocenters. The summed E-state index contributed by atoms with van der Waals surface area (Å²) in [5.41, 5.74) is 2.79. The van der Waals surface area contributed by atoms with Gasteiger partial charge in [-0.3, -0.25) is 9.59 Å². The number of ether oxygens (including phenoxy) is 1. The molecule has 0 radical (unpaired) electrons. The summed E-state index contributed by atoms with van der Waals surface area (Å²) >= 11 is 0. The summed E-state index contributed by atoms with van der Waals surface area (Å²) in [7, 11) is 0. The zero-order valence-electron chi connectivity index (χ0n) is 12.6. The molecular weight excluding hydrogens is 256 g/mol. The van der Waals surface area contributed by atoms with Crippen molar-refractivity contribution in [3.05, 3.63) is 22.5 Å². The molecule has 0 amide bonds. The number of hydrogen-bond donors (Lipinski definition) is 2. The molecule has 5 nitrogen and oxygen atoms in total. The Kier molecular flexibility index (Phi) is 4.40. The Morgan fingerprint density at radius 2 is 1.85 bits per heavy atom. The fourth-order valence-electron chi connectivity index (χ4n) is 2.99. The molecule has 20 heavy (non-hydrogen) atoms. The van der Waals surface area contributed by atoms with Gasteiger partial charge in [0.25, 0.3) is 0 Å². The van der Waals surface area contributed by atoms with E-state index in [0.29, 0.717) is 24.5 Å². The lowest BCUT2D eigenvalue weighted by Crippen LogP contribution is -3.18. The molecule has 2 heterocycles. The number of carbonyl (C=O) groups is 2. The van der Waals surface area contributed by atoms with Gasteiger partial charge in [0.1, 0.15) is 13.1 Å². The maximum absolute atomic E-state index is 12.6. The van der Waals surface area contributed by atoms with Crippen LogP contribution in [0.1, 0.15) is 46.0 Å². The average Bonchev–Trinajstić information content (AvgIpc) is 2.73. The van der Waals surface area contributed by atoms with Crippen LogP contribution >= 0.6 is 0 Å². The number of quaternary nitrogens is 1. The van der Waals surface area contributed by atoms with E-state index >= 15 is 0 Å². The first-order chi connectivity index (χ1) is 9.43. The molecule has 1 atom stereocenters. The first kappa shape index (κ1) is 14.9. The lowest BCUT2D eigenvalue weighted by molar-refractivity contribution is -0.921. The average molecular weight is 279 g/mol. The Morgan fingerprint density at radius 3 is 2.35 bits per heavy atom. The van der Waals surface area contributed by atoms with E-state index in [1.807, 2.05) is 20.8 Å². The van der Waals surface area contributed by atoms with Crippen LogP contribution in [0, 0.1) is 13.8 Å². The van der Waals surface area contributed by atoms with Crippen LogP contribution < -0.4 is 4.90 Å². The van der Waals surface area contributed by atoms with Gasteiger partial charge in [-0.15, -0.1) is 0 Å². The van der Waals surface area contributed by atoms with Crippen LogP contribution in [-0.2, 0) is 4.74 Å². The van der Waals surface area contributed by atoms with Gasteiger partial charge < -0.3 is 14.6 Å². The second-order valence-electron chi connectivity index (χ2n) is 5.54. The zero-order chi connectivity index (χ0) is 14.9. The Bertz CT molecular complexity index is 527. The van der Waals surface area contributed by atoms with Crippen molar-refractivity contribution < 1.29 is 19.2 Å². The first-order valence-electron chi connectivity index (χ1n) is 7.10. The van der Waals surface area contributed by atoms with Crippen LogP contribution in [0.25, 0.3) is 0 Å². The molecule has 5 heteroatoms. The highest BCUT2D eigenvalue weighted by molar-refractivity contribution is 6.04. The molecule has 1 aromatic rings. The zero-order valence-corrected chi connectivity index (χ0v) is 12.6. The Hall–Kier alpha value is -1.46. The van der Waals surface area contributed by atoms with E-state index in [1.165, 1.54) is 11.8 Å². The second kappa shape index (κ2) is 5.89. The topological polar surface area (TPSA) is 63.6 Å². The van der Waals surface area contributed by atoms with Gasteiger partial charge in [0, 0.05) is 11.3 Å². The van der Waals surface area contributed by atoms with Crippen molar-refractivity contribution in [1.82, 2.24) is 4.98 Å². The second-order valence-corrected chi connectivity index (χ2v) is 5.54. The van der Waals surface area contributed by atoms with E-state index in [0.717, 1.165) is 24.3 Å². The number of aromatic amines is 1. The van der Waals surface area contributed by atoms with Crippen molar-refractivity contribution in [2.24, 2.45) is 0 Å². The molecule has 0 spiro atoms. The number of rotatable bonds is 4. The smallest absolute Gasteiger partial charge is 0.235 e. The molecule has 110 valence electrons. The van der Waals surface area contributed by atoms with Gasteiger partial charge in [-0.05, 0) is 33.3 Å². The van der Waals surface area contributed by atoms with E-state index < -0.39 is 0 Å². The van der Waals surface area contributed by atoms with Gasteiger partial charge in [-0.1, -0.05) is 0 Å².